The predicted molar refractivity (Wildman–Crippen MR) is 244 cm³/mol. The van der Waals surface area contributed by atoms with E-state index >= 15 is 0 Å². The van der Waals surface area contributed by atoms with Crippen molar-refractivity contribution in [3.8, 4) is 67.0 Å². The smallest absolute Gasteiger partial charge is 0.0553 e. The topological polar surface area (TPSA) is 9.86 Å². The summed E-state index contributed by atoms with van der Waals surface area (Å²) in [5.74, 6) is 0. The van der Waals surface area contributed by atoms with Gasteiger partial charge in [-0.15, -0.1) is 0 Å². The first-order valence-electron chi connectivity index (χ1n) is 20.2. The third-order valence-electron chi connectivity index (χ3n) is 13.1. The lowest BCUT2D eigenvalue weighted by Crippen LogP contribution is -1.96. The molecule has 58 heavy (non-hydrogen) atoms. The summed E-state index contributed by atoms with van der Waals surface area (Å²) in [4.78, 5) is 0. The van der Waals surface area contributed by atoms with Gasteiger partial charge in [-0.1, -0.05) is 146 Å². The molecule has 2 aromatic heterocycles. The molecule has 0 spiro atoms. The van der Waals surface area contributed by atoms with Crippen LogP contribution in [0.15, 0.2) is 194 Å². The van der Waals surface area contributed by atoms with Gasteiger partial charge in [-0.3, -0.25) is 0 Å². The molecular formula is C56H32N2. The highest BCUT2D eigenvalue weighted by atomic mass is 15.0. The molecule has 0 unspecified atom stereocenters. The Bertz CT molecular complexity index is 3750. The van der Waals surface area contributed by atoms with Gasteiger partial charge in [0.2, 0.25) is 0 Å². The Hall–Kier alpha value is -7.68. The summed E-state index contributed by atoms with van der Waals surface area (Å²) in [6.07, 6.45) is 0. The Morgan fingerprint density at radius 2 is 0.741 bits per heavy atom. The molecule has 2 heterocycles. The minimum absolute atomic E-state index is 1.16. The van der Waals surface area contributed by atoms with Crippen LogP contribution in [-0.4, -0.2) is 9.13 Å². The molecule has 0 atom stereocenters. The van der Waals surface area contributed by atoms with Crippen molar-refractivity contribution in [3.63, 3.8) is 0 Å². The van der Waals surface area contributed by atoms with Gasteiger partial charge in [0.1, 0.15) is 0 Å². The minimum Gasteiger partial charge on any atom is -0.309 e. The van der Waals surface area contributed by atoms with Crippen LogP contribution in [-0.2, 0) is 0 Å². The maximum atomic E-state index is 2.48. The van der Waals surface area contributed by atoms with Crippen LogP contribution in [0.25, 0.3) is 132 Å². The minimum atomic E-state index is 1.16. The van der Waals surface area contributed by atoms with E-state index in [0.717, 1.165) is 11.4 Å². The molecule has 2 aliphatic carbocycles. The van der Waals surface area contributed by atoms with Gasteiger partial charge in [0.05, 0.1) is 22.1 Å². The van der Waals surface area contributed by atoms with Crippen LogP contribution in [0.2, 0.25) is 0 Å². The van der Waals surface area contributed by atoms with Gasteiger partial charge in [0.25, 0.3) is 0 Å². The Balaban J connectivity index is 0.984. The molecule has 14 rings (SSSR count). The van der Waals surface area contributed by atoms with Crippen molar-refractivity contribution >= 4 is 65.2 Å². The predicted octanol–water partition coefficient (Wildman–Crippen LogP) is 15.1. The summed E-state index contributed by atoms with van der Waals surface area (Å²) in [5.41, 5.74) is 20.2. The van der Waals surface area contributed by atoms with E-state index in [-0.39, 0.29) is 0 Å². The van der Waals surface area contributed by atoms with Gasteiger partial charge >= 0.3 is 0 Å². The van der Waals surface area contributed by atoms with Crippen molar-refractivity contribution in [1.29, 1.82) is 0 Å². The third-order valence-corrected chi connectivity index (χ3v) is 13.1. The zero-order valence-corrected chi connectivity index (χ0v) is 31.4. The number of fused-ring (bicyclic) bond motifs is 14. The number of aromatic nitrogens is 2. The van der Waals surface area contributed by atoms with Gasteiger partial charge in [-0.2, -0.15) is 0 Å². The van der Waals surface area contributed by atoms with Gasteiger partial charge in [-0.05, 0) is 120 Å². The molecule has 0 saturated carbocycles. The van der Waals surface area contributed by atoms with E-state index in [1.54, 1.807) is 0 Å². The highest BCUT2D eigenvalue weighted by Gasteiger charge is 2.28. The SMILES string of the molecule is c1cc(-c2cccc(-n3c4ccccc4c4c5cccc6c5c(cc43)-c3ccccc3-6)c2)cc(-n2c3ccccc3c3c4c5c(cccc5cc32)-c2ccccc2-4)c1. The van der Waals surface area contributed by atoms with E-state index in [9.17, 15) is 0 Å². The largest absolute Gasteiger partial charge is 0.309 e. The Morgan fingerprint density at radius 1 is 0.259 bits per heavy atom. The molecule has 266 valence electrons. The maximum Gasteiger partial charge on any atom is 0.0553 e. The zero-order valence-electron chi connectivity index (χ0n) is 31.4. The van der Waals surface area contributed by atoms with E-state index in [4.69, 9.17) is 0 Å². The van der Waals surface area contributed by atoms with Crippen molar-refractivity contribution in [2.24, 2.45) is 0 Å². The molecule has 12 aromatic rings. The lowest BCUT2D eigenvalue weighted by molar-refractivity contribution is 1.18. The van der Waals surface area contributed by atoms with E-state index in [1.165, 1.54) is 121 Å². The van der Waals surface area contributed by atoms with E-state index in [0.29, 0.717) is 0 Å². The molecular weight excluding hydrogens is 701 g/mol. The molecule has 0 N–H and O–H groups in total. The molecule has 0 aliphatic heterocycles. The van der Waals surface area contributed by atoms with Crippen LogP contribution in [0.1, 0.15) is 0 Å². The lowest BCUT2D eigenvalue weighted by Gasteiger charge is -2.14. The normalized spacial score (nSPS) is 12.5. The summed E-state index contributed by atoms with van der Waals surface area (Å²) in [5, 5.41) is 10.5. The van der Waals surface area contributed by atoms with Crippen LogP contribution in [0.5, 0.6) is 0 Å². The summed E-state index contributed by atoms with van der Waals surface area (Å²) < 4.78 is 4.96. The second kappa shape index (κ2) is 11.0. The Labute approximate surface area is 334 Å². The van der Waals surface area contributed by atoms with Crippen molar-refractivity contribution in [1.82, 2.24) is 9.13 Å². The van der Waals surface area contributed by atoms with Crippen LogP contribution >= 0.6 is 0 Å². The van der Waals surface area contributed by atoms with Crippen LogP contribution in [0.4, 0.5) is 0 Å². The van der Waals surface area contributed by atoms with Gasteiger partial charge < -0.3 is 9.13 Å². The van der Waals surface area contributed by atoms with Gasteiger partial charge in [-0.25, -0.2) is 0 Å². The second-order valence-electron chi connectivity index (χ2n) is 16.0. The van der Waals surface area contributed by atoms with E-state index in [2.05, 4.69) is 203 Å². The molecule has 0 fully saturated rings. The summed E-state index contributed by atoms with van der Waals surface area (Å²) in [7, 11) is 0. The Kier molecular flexibility index (Phi) is 5.79. The number of para-hydroxylation sites is 2. The van der Waals surface area contributed by atoms with Crippen molar-refractivity contribution in [2.45, 2.75) is 0 Å². The molecule has 0 saturated heterocycles. The van der Waals surface area contributed by atoms with Gasteiger partial charge in [0, 0.05) is 38.5 Å². The second-order valence-corrected chi connectivity index (χ2v) is 16.0. The number of benzene rings is 10. The quantitative estimate of drug-likeness (QED) is 0.171. The standard InChI is InChI=1S/C56H32N2/c1-2-19-39-38(18-1)42-25-12-26-46-53(42)47(39)32-51-54(46)44-22-5-7-27-48(44)58(51)37-17-10-14-34(30-37)33-13-9-16-36(29-33)57-49-28-8-6-23-45(49)55-50(57)31-35-15-11-24-41-40-20-3-4-21-43(40)56(55)52(35)41/h1-32H. The molecule has 2 heteroatoms. The molecule has 2 nitrogen and oxygen atoms in total. The van der Waals surface area contributed by atoms with Crippen molar-refractivity contribution in [3.05, 3.63) is 194 Å². The summed E-state index contributed by atoms with van der Waals surface area (Å²) in [6, 6.07) is 72.3. The lowest BCUT2D eigenvalue weighted by atomic mass is 9.97. The first-order valence-corrected chi connectivity index (χ1v) is 20.2. The van der Waals surface area contributed by atoms with Crippen LogP contribution in [0, 0.1) is 0 Å². The monoisotopic (exact) mass is 732 g/mol. The number of hydrogen-bond donors (Lipinski definition) is 0. The maximum absolute atomic E-state index is 2.48. The fourth-order valence-electron chi connectivity index (χ4n) is 10.9. The highest BCUT2D eigenvalue weighted by molar-refractivity contribution is 6.30. The first-order chi connectivity index (χ1) is 28.8. The summed E-state index contributed by atoms with van der Waals surface area (Å²) >= 11 is 0. The van der Waals surface area contributed by atoms with Crippen LogP contribution in [0.3, 0.4) is 0 Å². The highest BCUT2D eigenvalue weighted by Crippen LogP contribution is 2.53. The molecule has 10 aromatic carbocycles. The molecule has 0 bridgehead atoms. The van der Waals surface area contributed by atoms with Gasteiger partial charge in [0.15, 0.2) is 0 Å². The van der Waals surface area contributed by atoms with Crippen molar-refractivity contribution < 1.29 is 0 Å². The third kappa shape index (κ3) is 3.82. The fraction of sp³-hybridized carbons (Fsp3) is 0. The number of nitrogens with zero attached hydrogens (tertiary/aromatic N) is 2. The fourth-order valence-corrected chi connectivity index (χ4v) is 10.9. The summed E-state index contributed by atoms with van der Waals surface area (Å²) in [6.45, 7) is 0. The number of rotatable bonds is 3. The Morgan fingerprint density at radius 3 is 1.43 bits per heavy atom. The molecule has 0 radical (unpaired) electrons. The first kappa shape index (κ1) is 30.5. The van der Waals surface area contributed by atoms with Crippen LogP contribution < -0.4 is 0 Å². The average molecular weight is 733 g/mol. The van der Waals surface area contributed by atoms with E-state index in [1.807, 2.05) is 0 Å². The zero-order chi connectivity index (χ0) is 37.6. The molecule has 2 aliphatic rings. The average Bonchev–Trinajstić information content (AvgIpc) is 4.01. The van der Waals surface area contributed by atoms with Crippen molar-refractivity contribution in [2.75, 3.05) is 0 Å². The number of hydrogen-bond acceptors (Lipinski definition) is 0. The molecule has 0 amide bonds. The van der Waals surface area contributed by atoms with E-state index < -0.39 is 0 Å².